The van der Waals surface area contributed by atoms with E-state index in [0.717, 1.165) is 30.9 Å². The van der Waals surface area contributed by atoms with Crippen LogP contribution in [0.3, 0.4) is 0 Å². The number of nitrogens with two attached hydrogens (primary N) is 1. The predicted octanol–water partition coefficient (Wildman–Crippen LogP) is 3.27. The molecule has 4 heteroatoms. The summed E-state index contributed by atoms with van der Waals surface area (Å²) in [6.07, 6.45) is 1.68. The van der Waals surface area contributed by atoms with E-state index in [9.17, 15) is 4.79 Å². The molecule has 1 aromatic rings. The first-order chi connectivity index (χ1) is 9.97. The summed E-state index contributed by atoms with van der Waals surface area (Å²) < 4.78 is 0. The normalized spacial score (nSPS) is 12.4. The second-order valence-corrected chi connectivity index (χ2v) is 5.72. The Labute approximate surface area is 128 Å². The molecule has 0 radical (unpaired) electrons. The van der Waals surface area contributed by atoms with Crippen LogP contribution in [-0.4, -0.2) is 30.4 Å². The Bertz CT molecular complexity index is 459. The Morgan fingerprint density at radius 2 is 2.10 bits per heavy atom. The number of benzene rings is 1. The van der Waals surface area contributed by atoms with Gasteiger partial charge in [-0.15, -0.1) is 0 Å². The lowest BCUT2D eigenvalue weighted by molar-refractivity contribution is -0.116. The number of carbonyl (C=O) groups excluding carboxylic acids is 1. The van der Waals surface area contributed by atoms with E-state index in [2.05, 4.69) is 31.0 Å². The molecule has 0 aliphatic rings. The van der Waals surface area contributed by atoms with Crippen LogP contribution < -0.4 is 11.1 Å². The molecule has 0 heterocycles. The van der Waals surface area contributed by atoms with Gasteiger partial charge in [0.25, 0.3) is 0 Å². The van der Waals surface area contributed by atoms with Gasteiger partial charge >= 0.3 is 0 Å². The number of hydrogen-bond acceptors (Lipinski definition) is 3. The minimum atomic E-state index is 0.0475. The van der Waals surface area contributed by atoms with Crippen molar-refractivity contribution in [3.8, 4) is 0 Å². The van der Waals surface area contributed by atoms with Crippen LogP contribution in [0.2, 0.25) is 0 Å². The van der Waals surface area contributed by atoms with Gasteiger partial charge in [-0.1, -0.05) is 33.3 Å². The smallest absolute Gasteiger partial charge is 0.225 e. The van der Waals surface area contributed by atoms with E-state index in [1.54, 1.807) is 0 Å². The van der Waals surface area contributed by atoms with Crippen LogP contribution in [0.15, 0.2) is 18.2 Å². The molecule has 0 aliphatic heterocycles. The van der Waals surface area contributed by atoms with Gasteiger partial charge in [-0.05, 0) is 37.1 Å². The molecule has 1 unspecified atom stereocenters. The summed E-state index contributed by atoms with van der Waals surface area (Å²) in [6, 6.07) is 5.59. The first-order valence-corrected chi connectivity index (χ1v) is 7.85. The average molecular weight is 291 g/mol. The van der Waals surface area contributed by atoms with Crippen molar-refractivity contribution in [3.05, 3.63) is 23.8 Å². The maximum absolute atomic E-state index is 12.1. The van der Waals surface area contributed by atoms with Gasteiger partial charge < -0.3 is 16.0 Å². The standard InChI is InChI=1S/C17H29N3O/c1-5-13(3)12-20(6-2)11-10-17(21)19-16-9-7-8-15(18)14(16)4/h7-9,13H,5-6,10-12,18H2,1-4H3,(H,19,21). The molecule has 0 saturated heterocycles. The van der Waals surface area contributed by atoms with Gasteiger partial charge in [0.2, 0.25) is 5.91 Å². The maximum Gasteiger partial charge on any atom is 0.225 e. The quantitative estimate of drug-likeness (QED) is 0.723. The van der Waals surface area contributed by atoms with Crippen molar-refractivity contribution in [2.24, 2.45) is 5.92 Å². The number of anilines is 2. The number of rotatable bonds is 8. The fourth-order valence-corrected chi connectivity index (χ4v) is 2.21. The van der Waals surface area contributed by atoms with Gasteiger partial charge in [-0.3, -0.25) is 4.79 Å². The topological polar surface area (TPSA) is 58.4 Å². The molecule has 0 aromatic heterocycles. The molecule has 118 valence electrons. The monoisotopic (exact) mass is 291 g/mol. The van der Waals surface area contributed by atoms with Crippen molar-refractivity contribution in [2.75, 3.05) is 30.7 Å². The summed E-state index contributed by atoms with van der Waals surface area (Å²) >= 11 is 0. The first-order valence-electron chi connectivity index (χ1n) is 7.85. The van der Waals surface area contributed by atoms with Gasteiger partial charge in [0.05, 0.1) is 0 Å². The van der Waals surface area contributed by atoms with Gasteiger partial charge in [-0.2, -0.15) is 0 Å². The van der Waals surface area contributed by atoms with Crippen molar-refractivity contribution < 1.29 is 4.79 Å². The van der Waals surface area contributed by atoms with Crippen LogP contribution in [0, 0.1) is 12.8 Å². The summed E-state index contributed by atoms with van der Waals surface area (Å²) in [4.78, 5) is 14.4. The fraction of sp³-hybridized carbons (Fsp3) is 0.588. The lowest BCUT2D eigenvalue weighted by Gasteiger charge is -2.23. The highest BCUT2D eigenvalue weighted by atomic mass is 16.1. The Morgan fingerprint density at radius 1 is 1.38 bits per heavy atom. The predicted molar refractivity (Wildman–Crippen MR) is 90.4 cm³/mol. The first kappa shape index (κ1) is 17.5. The Balaban J connectivity index is 2.48. The fourth-order valence-electron chi connectivity index (χ4n) is 2.21. The molecule has 0 aliphatic carbocycles. The van der Waals surface area contributed by atoms with Crippen molar-refractivity contribution in [3.63, 3.8) is 0 Å². The van der Waals surface area contributed by atoms with E-state index in [0.29, 0.717) is 18.0 Å². The summed E-state index contributed by atoms with van der Waals surface area (Å²) in [5.74, 6) is 0.718. The third-order valence-electron chi connectivity index (χ3n) is 4.02. The van der Waals surface area contributed by atoms with Crippen LogP contribution in [0.1, 0.15) is 39.2 Å². The van der Waals surface area contributed by atoms with E-state index in [1.165, 1.54) is 6.42 Å². The summed E-state index contributed by atoms with van der Waals surface area (Å²) in [5, 5.41) is 2.95. The van der Waals surface area contributed by atoms with Crippen LogP contribution in [0.5, 0.6) is 0 Å². The molecule has 1 amide bonds. The summed E-state index contributed by atoms with van der Waals surface area (Å²) in [7, 11) is 0. The SMILES string of the molecule is CCC(C)CN(CC)CCC(=O)Nc1cccc(N)c1C. The van der Waals surface area contributed by atoms with Gasteiger partial charge in [0.1, 0.15) is 0 Å². The van der Waals surface area contributed by atoms with E-state index in [4.69, 9.17) is 5.73 Å². The molecular weight excluding hydrogens is 262 g/mol. The Morgan fingerprint density at radius 3 is 2.71 bits per heavy atom. The second-order valence-electron chi connectivity index (χ2n) is 5.72. The van der Waals surface area contributed by atoms with Crippen molar-refractivity contribution in [1.82, 2.24) is 4.90 Å². The number of nitrogens with one attached hydrogen (secondary N) is 1. The lowest BCUT2D eigenvalue weighted by Crippen LogP contribution is -2.31. The number of carbonyl (C=O) groups is 1. The van der Waals surface area contributed by atoms with Crippen LogP contribution in [-0.2, 0) is 4.79 Å². The van der Waals surface area contributed by atoms with Crippen LogP contribution in [0.4, 0.5) is 11.4 Å². The minimum Gasteiger partial charge on any atom is -0.398 e. The summed E-state index contributed by atoms with van der Waals surface area (Å²) in [6.45, 7) is 11.3. The average Bonchev–Trinajstić information content (AvgIpc) is 2.47. The van der Waals surface area contributed by atoms with Gasteiger partial charge in [-0.25, -0.2) is 0 Å². The lowest BCUT2D eigenvalue weighted by atomic mass is 10.1. The van der Waals surface area contributed by atoms with Crippen LogP contribution in [0.25, 0.3) is 0 Å². The molecule has 0 bridgehead atoms. The zero-order valence-electron chi connectivity index (χ0n) is 13.8. The zero-order valence-corrected chi connectivity index (χ0v) is 13.8. The highest BCUT2D eigenvalue weighted by molar-refractivity contribution is 5.92. The molecule has 21 heavy (non-hydrogen) atoms. The van der Waals surface area contributed by atoms with Crippen molar-refractivity contribution in [2.45, 2.75) is 40.5 Å². The molecule has 0 saturated carbocycles. The Hall–Kier alpha value is -1.55. The highest BCUT2D eigenvalue weighted by Gasteiger charge is 2.11. The van der Waals surface area contributed by atoms with Gasteiger partial charge in [0, 0.05) is 30.9 Å². The Kier molecular flexibility index (Phi) is 7.23. The van der Waals surface area contributed by atoms with Crippen LogP contribution >= 0.6 is 0 Å². The molecule has 4 nitrogen and oxygen atoms in total. The van der Waals surface area contributed by atoms with E-state index in [-0.39, 0.29) is 5.91 Å². The molecule has 1 rings (SSSR count). The third kappa shape index (κ3) is 5.76. The molecular formula is C17H29N3O. The highest BCUT2D eigenvalue weighted by Crippen LogP contribution is 2.20. The zero-order chi connectivity index (χ0) is 15.8. The van der Waals surface area contributed by atoms with E-state index in [1.807, 2.05) is 25.1 Å². The minimum absolute atomic E-state index is 0.0475. The molecule has 1 aromatic carbocycles. The maximum atomic E-state index is 12.1. The van der Waals surface area contributed by atoms with Crippen molar-refractivity contribution >= 4 is 17.3 Å². The number of nitrogen functional groups attached to an aromatic ring is 1. The van der Waals surface area contributed by atoms with E-state index < -0.39 is 0 Å². The molecule has 0 spiro atoms. The second kappa shape index (κ2) is 8.67. The number of hydrogen-bond donors (Lipinski definition) is 2. The number of nitrogens with zero attached hydrogens (tertiary/aromatic N) is 1. The summed E-state index contributed by atoms with van der Waals surface area (Å²) in [5.41, 5.74) is 8.30. The molecule has 0 fully saturated rings. The van der Waals surface area contributed by atoms with Gasteiger partial charge in [0.15, 0.2) is 0 Å². The molecule has 3 N–H and O–H groups in total. The molecule has 1 atom stereocenters. The van der Waals surface area contributed by atoms with Crippen molar-refractivity contribution in [1.29, 1.82) is 0 Å². The number of amides is 1. The largest absolute Gasteiger partial charge is 0.398 e. The third-order valence-corrected chi connectivity index (χ3v) is 4.02. The van der Waals surface area contributed by atoms with E-state index >= 15 is 0 Å².